The minimum Gasteiger partial charge on any atom is -0.356 e. The SMILES string of the molecule is Cc1nc(N2CC3CC3C2)ccc1Cn1cc(C(=O)N[C@@H]2CCc3c2ccnc3C)c(C)n1. The van der Waals surface area contributed by atoms with Gasteiger partial charge < -0.3 is 10.2 Å². The van der Waals surface area contributed by atoms with Crippen LogP contribution in [0.4, 0.5) is 5.82 Å². The molecule has 3 atom stereocenters. The number of hydrogen-bond acceptors (Lipinski definition) is 5. The molecule has 0 bridgehead atoms. The van der Waals surface area contributed by atoms with Gasteiger partial charge in [0, 0.05) is 36.9 Å². The first-order valence-electron chi connectivity index (χ1n) is 12.0. The predicted molar refractivity (Wildman–Crippen MR) is 126 cm³/mol. The van der Waals surface area contributed by atoms with Gasteiger partial charge in [0.25, 0.3) is 5.91 Å². The van der Waals surface area contributed by atoms with Crippen molar-refractivity contribution in [2.45, 2.75) is 52.6 Å². The molecule has 2 unspecified atom stereocenters. The van der Waals surface area contributed by atoms with Crippen molar-refractivity contribution in [1.29, 1.82) is 0 Å². The van der Waals surface area contributed by atoms with Gasteiger partial charge in [0.05, 0.1) is 23.8 Å². The number of pyridine rings is 2. The summed E-state index contributed by atoms with van der Waals surface area (Å²) in [6.45, 7) is 8.90. The third kappa shape index (κ3) is 3.69. The number of aryl methyl sites for hydroxylation is 3. The molecule has 7 nitrogen and oxygen atoms in total. The number of rotatable bonds is 5. The van der Waals surface area contributed by atoms with E-state index in [1.807, 2.05) is 37.0 Å². The zero-order valence-electron chi connectivity index (χ0n) is 19.5. The van der Waals surface area contributed by atoms with Crippen molar-refractivity contribution in [3.63, 3.8) is 0 Å². The summed E-state index contributed by atoms with van der Waals surface area (Å²) >= 11 is 0. The third-order valence-corrected chi connectivity index (χ3v) is 7.68. The maximum atomic E-state index is 13.1. The molecule has 33 heavy (non-hydrogen) atoms. The fourth-order valence-corrected chi connectivity index (χ4v) is 5.60. The predicted octanol–water partition coefficient (Wildman–Crippen LogP) is 3.52. The summed E-state index contributed by atoms with van der Waals surface area (Å²) in [5, 5.41) is 7.84. The number of amides is 1. The summed E-state index contributed by atoms with van der Waals surface area (Å²) in [5.74, 6) is 2.80. The quantitative estimate of drug-likeness (QED) is 0.654. The van der Waals surface area contributed by atoms with Crippen molar-refractivity contribution in [3.05, 3.63) is 69.9 Å². The van der Waals surface area contributed by atoms with Gasteiger partial charge in [-0.2, -0.15) is 5.10 Å². The highest BCUT2D eigenvalue weighted by molar-refractivity contribution is 5.95. The summed E-state index contributed by atoms with van der Waals surface area (Å²) in [6.07, 6.45) is 6.96. The highest BCUT2D eigenvalue weighted by atomic mass is 16.1. The van der Waals surface area contributed by atoms with Crippen molar-refractivity contribution >= 4 is 11.7 Å². The zero-order valence-corrected chi connectivity index (χ0v) is 19.5. The Labute approximate surface area is 194 Å². The van der Waals surface area contributed by atoms with Gasteiger partial charge in [0.2, 0.25) is 0 Å². The largest absolute Gasteiger partial charge is 0.356 e. The Bertz CT molecular complexity index is 1240. The van der Waals surface area contributed by atoms with Gasteiger partial charge in [0.1, 0.15) is 5.82 Å². The van der Waals surface area contributed by atoms with E-state index in [9.17, 15) is 4.79 Å². The van der Waals surface area contributed by atoms with Crippen LogP contribution in [0.25, 0.3) is 0 Å². The first-order valence-corrected chi connectivity index (χ1v) is 12.0. The Kier molecular flexibility index (Phi) is 4.75. The minimum absolute atomic E-state index is 0.0348. The van der Waals surface area contributed by atoms with Crippen LogP contribution < -0.4 is 10.2 Å². The van der Waals surface area contributed by atoms with Gasteiger partial charge in [-0.25, -0.2) is 4.98 Å². The summed E-state index contributed by atoms with van der Waals surface area (Å²) in [4.78, 5) is 24.7. The van der Waals surface area contributed by atoms with Crippen molar-refractivity contribution in [3.8, 4) is 0 Å². The monoisotopic (exact) mass is 442 g/mol. The summed E-state index contributed by atoms with van der Waals surface area (Å²) in [7, 11) is 0. The third-order valence-electron chi connectivity index (χ3n) is 7.68. The Hall–Kier alpha value is -3.22. The lowest BCUT2D eigenvalue weighted by molar-refractivity contribution is 0.0936. The molecule has 3 aromatic rings. The van der Waals surface area contributed by atoms with E-state index >= 15 is 0 Å². The lowest BCUT2D eigenvalue weighted by Crippen LogP contribution is -2.27. The summed E-state index contributed by atoms with van der Waals surface area (Å²) in [5.41, 5.74) is 7.06. The molecule has 0 aromatic carbocycles. The van der Waals surface area contributed by atoms with Crippen molar-refractivity contribution in [1.82, 2.24) is 25.1 Å². The molecule has 7 heteroatoms. The molecule has 1 saturated heterocycles. The van der Waals surface area contributed by atoms with Crippen molar-refractivity contribution in [2.24, 2.45) is 11.8 Å². The first kappa shape index (κ1) is 20.4. The maximum Gasteiger partial charge on any atom is 0.255 e. The number of piperidine rings is 1. The number of anilines is 1. The van der Waals surface area contributed by atoms with Crippen LogP contribution >= 0.6 is 0 Å². The molecule has 2 fully saturated rings. The minimum atomic E-state index is -0.0659. The molecule has 3 aliphatic rings. The maximum absolute atomic E-state index is 13.1. The van der Waals surface area contributed by atoms with E-state index in [0.29, 0.717) is 12.1 Å². The fourth-order valence-electron chi connectivity index (χ4n) is 5.60. The fraction of sp³-hybridized carbons (Fsp3) is 0.462. The van der Waals surface area contributed by atoms with Gasteiger partial charge in [-0.15, -0.1) is 0 Å². The van der Waals surface area contributed by atoms with E-state index in [0.717, 1.165) is 66.2 Å². The number of nitrogens with one attached hydrogen (secondary N) is 1. The molecule has 1 saturated carbocycles. The van der Waals surface area contributed by atoms with E-state index in [1.165, 1.54) is 17.5 Å². The van der Waals surface area contributed by atoms with Crippen molar-refractivity contribution < 1.29 is 4.79 Å². The molecular weight excluding hydrogens is 412 g/mol. The van der Waals surface area contributed by atoms with Crippen LogP contribution in [0.2, 0.25) is 0 Å². The van der Waals surface area contributed by atoms with Gasteiger partial charge >= 0.3 is 0 Å². The van der Waals surface area contributed by atoms with Gasteiger partial charge in [-0.05, 0) is 80.7 Å². The van der Waals surface area contributed by atoms with Crippen LogP contribution in [0.5, 0.6) is 0 Å². The van der Waals surface area contributed by atoms with Crippen molar-refractivity contribution in [2.75, 3.05) is 18.0 Å². The smallest absolute Gasteiger partial charge is 0.255 e. The number of carbonyl (C=O) groups excluding carboxylic acids is 1. The molecule has 0 spiro atoms. The number of carbonyl (C=O) groups is 1. The number of nitrogens with zero attached hydrogens (tertiary/aromatic N) is 5. The first-order chi connectivity index (χ1) is 16.0. The van der Waals surface area contributed by atoms with Crippen LogP contribution in [0.15, 0.2) is 30.6 Å². The van der Waals surface area contributed by atoms with Crippen LogP contribution in [0, 0.1) is 32.6 Å². The van der Waals surface area contributed by atoms with Gasteiger partial charge in [-0.3, -0.25) is 14.5 Å². The lowest BCUT2D eigenvalue weighted by atomic mass is 10.1. The molecule has 3 aromatic heterocycles. The molecule has 1 amide bonds. The second-order valence-electron chi connectivity index (χ2n) is 9.93. The van der Waals surface area contributed by atoms with E-state index < -0.39 is 0 Å². The molecule has 2 aliphatic carbocycles. The van der Waals surface area contributed by atoms with E-state index in [4.69, 9.17) is 4.98 Å². The van der Waals surface area contributed by atoms with E-state index in [1.54, 1.807) is 0 Å². The Morgan fingerprint density at radius 2 is 1.91 bits per heavy atom. The molecule has 0 radical (unpaired) electrons. The van der Waals surface area contributed by atoms with Crippen LogP contribution in [-0.2, 0) is 13.0 Å². The number of fused-ring (bicyclic) bond motifs is 2. The second kappa shape index (κ2) is 7.68. The summed E-state index contributed by atoms with van der Waals surface area (Å²) in [6, 6.07) is 6.35. The molecule has 170 valence electrons. The Morgan fingerprint density at radius 1 is 1.09 bits per heavy atom. The van der Waals surface area contributed by atoms with E-state index in [2.05, 4.69) is 39.4 Å². The van der Waals surface area contributed by atoms with Gasteiger partial charge in [-0.1, -0.05) is 6.07 Å². The highest BCUT2D eigenvalue weighted by Gasteiger charge is 2.45. The molecule has 4 heterocycles. The number of aromatic nitrogens is 4. The average Bonchev–Trinajstić information content (AvgIpc) is 3.12. The normalized spacial score (nSPS) is 22.9. The Morgan fingerprint density at radius 3 is 2.70 bits per heavy atom. The lowest BCUT2D eigenvalue weighted by Gasteiger charge is -2.20. The molecular formula is C26H30N6O. The van der Waals surface area contributed by atoms with Crippen LogP contribution in [0.1, 0.15) is 63.0 Å². The zero-order chi connectivity index (χ0) is 22.7. The molecule has 1 aliphatic heterocycles. The topological polar surface area (TPSA) is 75.9 Å². The van der Waals surface area contributed by atoms with Gasteiger partial charge in [0.15, 0.2) is 0 Å². The summed E-state index contributed by atoms with van der Waals surface area (Å²) < 4.78 is 1.86. The second-order valence-corrected chi connectivity index (χ2v) is 9.93. The number of hydrogen-bond donors (Lipinski definition) is 1. The van der Waals surface area contributed by atoms with Crippen LogP contribution in [-0.4, -0.2) is 38.7 Å². The van der Waals surface area contributed by atoms with Crippen LogP contribution in [0.3, 0.4) is 0 Å². The standard InChI is InChI=1S/C26H30N6O/c1-15-18(4-7-25(28-15)31-11-19-10-20(19)12-31)13-32-14-23(17(3)30-32)26(33)29-24-6-5-21-16(2)27-9-8-22(21)24/h4,7-9,14,19-20,24H,5-6,10-13H2,1-3H3,(H,29,33)/t19?,20?,24-/m1/s1. The highest BCUT2D eigenvalue weighted by Crippen LogP contribution is 2.46. The average molecular weight is 443 g/mol. The Balaban J connectivity index is 1.15. The molecule has 1 N–H and O–H groups in total. The van der Waals surface area contributed by atoms with E-state index in [-0.39, 0.29) is 11.9 Å². The molecule has 6 rings (SSSR count).